The fourth-order valence-electron chi connectivity index (χ4n) is 1.89. The van der Waals surface area contributed by atoms with Gasteiger partial charge in [0, 0.05) is 13.0 Å². The molecule has 0 aromatic heterocycles. The van der Waals surface area contributed by atoms with Crippen LogP contribution in [0.4, 0.5) is 0 Å². The Morgan fingerprint density at radius 1 is 1.31 bits per heavy atom. The van der Waals surface area contributed by atoms with Crippen LogP contribution in [-0.2, 0) is 4.79 Å². The smallest absolute Gasteiger partial charge is 0.303 e. The standard InChI is InChI=1S/C12H23NO2.ClH/c1-2-8-13(10-11-6-7-11)9-4-3-5-12(14)15;/h11H,2-10H2,1H3,(H,14,15);1H. The molecule has 0 saturated heterocycles. The number of carboxylic acids is 1. The van der Waals surface area contributed by atoms with E-state index in [0.29, 0.717) is 6.42 Å². The lowest BCUT2D eigenvalue weighted by Gasteiger charge is -2.21. The normalized spacial score (nSPS) is 14.9. The van der Waals surface area contributed by atoms with Gasteiger partial charge in [0.05, 0.1) is 0 Å². The van der Waals surface area contributed by atoms with Gasteiger partial charge in [0.25, 0.3) is 0 Å². The molecule has 1 saturated carbocycles. The zero-order valence-electron chi connectivity index (χ0n) is 10.2. The van der Waals surface area contributed by atoms with Crippen molar-refractivity contribution < 1.29 is 9.90 Å². The second-order valence-corrected chi connectivity index (χ2v) is 4.59. The predicted octanol–water partition coefficient (Wildman–Crippen LogP) is 2.79. The van der Waals surface area contributed by atoms with Crippen LogP contribution in [0.2, 0.25) is 0 Å². The van der Waals surface area contributed by atoms with Crippen LogP contribution in [0, 0.1) is 5.92 Å². The Balaban J connectivity index is 0.00000225. The summed E-state index contributed by atoms with van der Waals surface area (Å²) in [6.07, 6.45) is 6.17. The average molecular weight is 250 g/mol. The lowest BCUT2D eigenvalue weighted by atomic mass is 10.2. The van der Waals surface area contributed by atoms with E-state index in [9.17, 15) is 4.79 Å². The van der Waals surface area contributed by atoms with Crippen molar-refractivity contribution in [2.75, 3.05) is 19.6 Å². The molecule has 1 N–H and O–H groups in total. The second kappa shape index (κ2) is 8.82. The van der Waals surface area contributed by atoms with Crippen LogP contribution in [0.25, 0.3) is 0 Å². The van der Waals surface area contributed by atoms with Gasteiger partial charge in [-0.2, -0.15) is 0 Å². The van der Waals surface area contributed by atoms with Crippen LogP contribution in [0.5, 0.6) is 0 Å². The van der Waals surface area contributed by atoms with Crippen molar-refractivity contribution >= 4 is 18.4 Å². The molecule has 0 unspecified atom stereocenters. The Labute approximate surface area is 105 Å². The number of rotatable bonds is 9. The molecule has 96 valence electrons. The molecule has 0 bridgehead atoms. The first-order valence-electron chi connectivity index (χ1n) is 6.16. The van der Waals surface area contributed by atoms with Crippen molar-refractivity contribution in [2.24, 2.45) is 5.92 Å². The zero-order valence-corrected chi connectivity index (χ0v) is 11.0. The first-order valence-corrected chi connectivity index (χ1v) is 6.16. The maximum atomic E-state index is 10.3. The van der Waals surface area contributed by atoms with Gasteiger partial charge in [-0.1, -0.05) is 6.92 Å². The van der Waals surface area contributed by atoms with Crippen molar-refractivity contribution in [3.05, 3.63) is 0 Å². The van der Waals surface area contributed by atoms with Gasteiger partial charge >= 0.3 is 5.97 Å². The Bertz CT molecular complexity index is 195. The van der Waals surface area contributed by atoms with Crippen LogP contribution in [-0.4, -0.2) is 35.6 Å². The molecule has 0 radical (unpaired) electrons. The minimum atomic E-state index is -0.667. The van der Waals surface area contributed by atoms with Gasteiger partial charge in [0.1, 0.15) is 0 Å². The maximum Gasteiger partial charge on any atom is 0.303 e. The summed E-state index contributed by atoms with van der Waals surface area (Å²) in [4.78, 5) is 12.8. The maximum absolute atomic E-state index is 10.3. The van der Waals surface area contributed by atoms with E-state index < -0.39 is 5.97 Å². The van der Waals surface area contributed by atoms with E-state index >= 15 is 0 Å². The molecule has 1 aliphatic carbocycles. The minimum Gasteiger partial charge on any atom is -0.481 e. The summed E-state index contributed by atoms with van der Waals surface area (Å²) in [5.74, 6) is 0.273. The minimum absolute atomic E-state index is 0. The molecule has 1 fully saturated rings. The molecule has 16 heavy (non-hydrogen) atoms. The number of carboxylic acid groups (broad SMARTS) is 1. The monoisotopic (exact) mass is 249 g/mol. The molecule has 0 atom stereocenters. The summed E-state index contributed by atoms with van der Waals surface area (Å²) in [7, 11) is 0. The van der Waals surface area contributed by atoms with Gasteiger partial charge in [-0.25, -0.2) is 0 Å². The molecular weight excluding hydrogens is 226 g/mol. The third-order valence-corrected chi connectivity index (χ3v) is 2.87. The Kier molecular flexibility index (Phi) is 8.67. The number of unbranched alkanes of at least 4 members (excludes halogenated alkanes) is 1. The second-order valence-electron chi connectivity index (χ2n) is 4.59. The van der Waals surface area contributed by atoms with Crippen molar-refractivity contribution in [2.45, 2.75) is 45.4 Å². The molecule has 0 heterocycles. The largest absolute Gasteiger partial charge is 0.481 e. The van der Waals surface area contributed by atoms with Gasteiger partial charge in [-0.05, 0) is 51.1 Å². The Hall–Kier alpha value is -0.280. The van der Waals surface area contributed by atoms with E-state index in [1.165, 1.54) is 32.4 Å². The summed E-state index contributed by atoms with van der Waals surface area (Å²) in [5, 5.41) is 8.52. The molecule has 1 aliphatic rings. The highest BCUT2D eigenvalue weighted by molar-refractivity contribution is 5.85. The molecule has 0 aromatic carbocycles. The van der Waals surface area contributed by atoms with Crippen LogP contribution < -0.4 is 0 Å². The molecule has 4 heteroatoms. The van der Waals surface area contributed by atoms with Gasteiger partial charge in [-0.3, -0.25) is 4.79 Å². The van der Waals surface area contributed by atoms with E-state index in [1.54, 1.807) is 0 Å². The molecule has 0 aromatic rings. The fourth-order valence-corrected chi connectivity index (χ4v) is 1.89. The van der Waals surface area contributed by atoms with Crippen LogP contribution in [0.15, 0.2) is 0 Å². The first-order chi connectivity index (χ1) is 7.22. The van der Waals surface area contributed by atoms with Crippen LogP contribution in [0.1, 0.15) is 45.4 Å². The van der Waals surface area contributed by atoms with E-state index in [2.05, 4.69) is 11.8 Å². The number of aliphatic carboxylic acids is 1. The summed E-state index contributed by atoms with van der Waals surface area (Å²) < 4.78 is 0. The first kappa shape index (κ1) is 15.7. The summed E-state index contributed by atoms with van der Waals surface area (Å²) >= 11 is 0. The van der Waals surface area contributed by atoms with Gasteiger partial charge in [-0.15, -0.1) is 12.4 Å². The Morgan fingerprint density at radius 2 is 2.00 bits per heavy atom. The number of nitrogens with zero attached hydrogens (tertiary/aromatic N) is 1. The Morgan fingerprint density at radius 3 is 2.50 bits per heavy atom. The number of halogens is 1. The molecule has 1 rings (SSSR count). The third kappa shape index (κ3) is 7.94. The quantitative estimate of drug-likeness (QED) is 0.639. The highest BCUT2D eigenvalue weighted by atomic mass is 35.5. The summed E-state index contributed by atoms with van der Waals surface area (Å²) in [6.45, 7) is 5.69. The van der Waals surface area contributed by atoms with Gasteiger partial charge in [0.15, 0.2) is 0 Å². The molecule has 0 spiro atoms. The van der Waals surface area contributed by atoms with Crippen LogP contribution in [0.3, 0.4) is 0 Å². The zero-order chi connectivity index (χ0) is 11.1. The number of carbonyl (C=O) groups is 1. The molecule has 0 amide bonds. The predicted molar refractivity (Wildman–Crippen MR) is 68.2 cm³/mol. The summed E-state index contributed by atoms with van der Waals surface area (Å²) in [6, 6.07) is 0. The van der Waals surface area contributed by atoms with Gasteiger partial charge < -0.3 is 10.0 Å². The fraction of sp³-hybridized carbons (Fsp3) is 0.917. The van der Waals surface area contributed by atoms with Crippen molar-refractivity contribution in [3.8, 4) is 0 Å². The van der Waals surface area contributed by atoms with Gasteiger partial charge in [0.2, 0.25) is 0 Å². The highest BCUT2D eigenvalue weighted by Crippen LogP contribution is 2.29. The molecular formula is C12H24ClNO2. The average Bonchev–Trinajstić information content (AvgIpc) is 2.96. The van der Waals surface area contributed by atoms with E-state index in [0.717, 1.165) is 25.3 Å². The van der Waals surface area contributed by atoms with E-state index in [-0.39, 0.29) is 12.4 Å². The van der Waals surface area contributed by atoms with Crippen molar-refractivity contribution in [1.82, 2.24) is 4.90 Å². The van der Waals surface area contributed by atoms with E-state index in [1.807, 2.05) is 0 Å². The molecule has 0 aliphatic heterocycles. The van der Waals surface area contributed by atoms with Crippen molar-refractivity contribution in [1.29, 1.82) is 0 Å². The number of hydrogen-bond acceptors (Lipinski definition) is 2. The molecule has 3 nitrogen and oxygen atoms in total. The topological polar surface area (TPSA) is 40.5 Å². The lowest BCUT2D eigenvalue weighted by Crippen LogP contribution is -2.28. The van der Waals surface area contributed by atoms with Crippen LogP contribution >= 0.6 is 12.4 Å². The summed E-state index contributed by atoms with van der Waals surface area (Å²) in [5.41, 5.74) is 0. The van der Waals surface area contributed by atoms with E-state index in [4.69, 9.17) is 5.11 Å². The van der Waals surface area contributed by atoms with Crippen molar-refractivity contribution in [3.63, 3.8) is 0 Å². The third-order valence-electron chi connectivity index (χ3n) is 2.87. The highest BCUT2D eigenvalue weighted by Gasteiger charge is 2.23. The lowest BCUT2D eigenvalue weighted by molar-refractivity contribution is -0.137. The SMILES string of the molecule is CCCN(CCCCC(=O)O)CC1CC1.Cl. The number of hydrogen-bond donors (Lipinski definition) is 1.